The van der Waals surface area contributed by atoms with Crippen LogP contribution in [-0.4, -0.2) is 17.4 Å². The zero-order valence-electron chi connectivity index (χ0n) is 13.4. The first-order chi connectivity index (χ1) is 9.50. The number of thiazole rings is 1. The summed E-state index contributed by atoms with van der Waals surface area (Å²) in [6.45, 7) is 6.75. The Hall–Kier alpha value is -0.360. The second kappa shape index (κ2) is 9.06. The Morgan fingerprint density at radius 3 is 2.68 bits per heavy atom. The van der Waals surface area contributed by atoms with Crippen molar-refractivity contribution in [1.29, 1.82) is 0 Å². The summed E-state index contributed by atoms with van der Waals surface area (Å²) in [5.74, 6) is 0.566. The first-order valence-electron chi connectivity index (χ1n) is 7.45. The third-order valence-electron chi connectivity index (χ3n) is 4.50. The number of aromatic nitrogens is 1. The van der Waals surface area contributed by atoms with E-state index < -0.39 is 0 Å². The maximum atomic E-state index is 12.6. The van der Waals surface area contributed by atoms with Gasteiger partial charge in [-0.1, -0.05) is 13.3 Å². The fourth-order valence-corrected chi connectivity index (χ4v) is 3.92. The van der Waals surface area contributed by atoms with Gasteiger partial charge in [-0.25, -0.2) is 4.98 Å². The van der Waals surface area contributed by atoms with Crippen molar-refractivity contribution in [3.63, 3.8) is 0 Å². The maximum absolute atomic E-state index is 12.6. The predicted molar refractivity (Wildman–Crippen MR) is 97.0 cm³/mol. The lowest BCUT2D eigenvalue weighted by Crippen LogP contribution is -2.47. The third-order valence-corrected chi connectivity index (χ3v) is 5.72. The number of aryl methyl sites for hydroxylation is 1. The average molecular weight is 368 g/mol. The standard InChI is InChI=1S/C15H25N3OS.2ClH/c1-4-15(3,14-17-10(2)9-20-14)18-13(19)12-7-5-6-11(12)8-16;;/h9,11-12H,4-8,16H2,1-3H3,(H,18,19);2*1H/t11-,12-,15?;;/m1../s1. The van der Waals surface area contributed by atoms with Crippen molar-refractivity contribution >= 4 is 42.1 Å². The average Bonchev–Trinajstić information content (AvgIpc) is 3.06. The molecular formula is C15H27Cl2N3OS. The normalized spacial score (nSPS) is 23.1. The minimum atomic E-state index is -0.363. The molecule has 3 N–H and O–H groups in total. The van der Waals surface area contributed by atoms with Crippen molar-refractivity contribution < 1.29 is 4.79 Å². The van der Waals surface area contributed by atoms with E-state index >= 15 is 0 Å². The van der Waals surface area contributed by atoms with Crippen LogP contribution in [0.25, 0.3) is 0 Å². The number of nitrogens with two attached hydrogens (primary N) is 1. The van der Waals surface area contributed by atoms with E-state index in [1.54, 1.807) is 11.3 Å². The van der Waals surface area contributed by atoms with Crippen molar-refractivity contribution in [2.75, 3.05) is 6.54 Å². The molecule has 3 atom stereocenters. The number of hydrogen-bond donors (Lipinski definition) is 2. The van der Waals surface area contributed by atoms with Gasteiger partial charge in [0.1, 0.15) is 5.01 Å². The van der Waals surface area contributed by atoms with Gasteiger partial charge in [-0.3, -0.25) is 4.79 Å². The van der Waals surface area contributed by atoms with Crippen LogP contribution in [0, 0.1) is 18.8 Å². The van der Waals surface area contributed by atoms with Crippen LogP contribution in [0.3, 0.4) is 0 Å². The first kappa shape index (κ1) is 21.6. The minimum absolute atomic E-state index is 0. The molecule has 2 rings (SSSR count). The lowest BCUT2D eigenvalue weighted by molar-refractivity contribution is -0.128. The number of rotatable bonds is 5. The molecule has 1 aromatic heterocycles. The molecule has 1 heterocycles. The lowest BCUT2D eigenvalue weighted by atomic mass is 9.92. The second-order valence-corrected chi connectivity index (χ2v) is 6.86. The molecule has 1 aromatic rings. The van der Waals surface area contributed by atoms with Crippen molar-refractivity contribution in [1.82, 2.24) is 10.3 Å². The molecule has 22 heavy (non-hydrogen) atoms. The van der Waals surface area contributed by atoms with Gasteiger partial charge in [0, 0.05) is 17.0 Å². The topological polar surface area (TPSA) is 68.0 Å². The summed E-state index contributed by atoms with van der Waals surface area (Å²) in [4.78, 5) is 17.1. The highest BCUT2D eigenvalue weighted by atomic mass is 35.5. The quantitative estimate of drug-likeness (QED) is 0.837. The van der Waals surface area contributed by atoms with Gasteiger partial charge < -0.3 is 11.1 Å². The van der Waals surface area contributed by atoms with E-state index in [-0.39, 0.29) is 42.2 Å². The van der Waals surface area contributed by atoms with E-state index in [9.17, 15) is 4.79 Å². The van der Waals surface area contributed by atoms with Gasteiger partial charge >= 0.3 is 0 Å². The van der Waals surface area contributed by atoms with Crippen LogP contribution in [0.5, 0.6) is 0 Å². The summed E-state index contributed by atoms with van der Waals surface area (Å²) in [6.07, 6.45) is 3.99. The molecule has 1 amide bonds. The molecule has 0 bridgehead atoms. The van der Waals surface area contributed by atoms with E-state index in [1.807, 2.05) is 12.3 Å². The first-order valence-corrected chi connectivity index (χ1v) is 8.33. The molecular weight excluding hydrogens is 341 g/mol. The van der Waals surface area contributed by atoms with E-state index in [0.29, 0.717) is 12.5 Å². The summed E-state index contributed by atoms with van der Waals surface area (Å²) in [5.41, 5.74) is 6.43. The second-order valence-electron chi connectivity index (χ2n) is 6.00. The van der Waals surface area contributed by atoms with Gasteiger partial charge in [-0.15, -0.1) is 36.2 Å². The number of hydrogen-bond acceptors (Lipinski definition) is 4. The molecule has 7 heteroatoms. The Morgan fingerprint density at radius 1 is 1.50 bits per heavy atom. The van der Waals surface area contributed by atoms with Crippen LogP contribution in [0.4, 0.5) is 0 Å². The fourth-order valence-electron chi connectivity index (χ4n) is 2.93. The lowest BCUT2D eigenvalue weighted by Gasteiger charge is -2.30. The largest absolute Gasteiger partial charge is 0.344 e. The van der Waals surface area contributed by atoms with Gasteiger partial charge in [0.05, 0.1) is 5.54 Å². The maximum Gasteiger partial charge on any atom is 0.224 e. The molecule has 0 aliphatic heterocycles. The van der Waals surface area contributed by atoms with Crippen molar-refractivity contribution in [2.45, 2.75) is 52.0 Å². The number of carbonyl (C=O) groups is 1. The highest BCUT2D eigenvalue weighted by Gasteiger charge is 2.37. The molecule has 1 unspecified atom stereocenters. The van der Waals surface area contributed by atoms with Gasteiger partial charge in [-0.2, -0.15) is 0 Å². The van der Waals surface area contributed by atoms with Gasteiger partial charge in [-0.05, 0) is 45.6 Å². The molecule has 0 aromatic carbocycles. The van der Waals surface area contributed by atoms with Crippen molar-refractivity contribution in [3.8, 4) is 0 Å². The molecule has 0 saturated heterocycles. The number of amides is 1. The Labute approximate surface area is 149 Å². The Morgan fingerprint density at radius 2 is 2.18 bits per heavy atom. The summed E-state index contributed by atoms with van der Waals surface area (Å²) < 4.78 is 0. The third kappa shape index (κ3) is 4.57. The molecule has 1 saturated carbocycles. The van der Waals surface area contributed by atoms with Crippen LogP contribution in [0.1, 0.15) is 50.2 Å². The summed E-state index contributed by atoms with van der Waals surface area (Å²) in [5, 5.41) is 6.26. The number of nitrogens with one attached hydrogen (secondary N) is 1. The highest BCUT2D eigenvalue weighted by Crippen LogP contribution is 2.33. The number of nitrogens with zero attached hydrogens (tertiary/aromatic N) is 1. The minimum Gasteiger partial charge on any atom is -0.344 e. The van der Waals surface area contributed by atoms with Crippen molar-refractivity contribution in [3.05, 3.63) is 16.1 Å². The van der Waals surface area contributed by atoms with Gasteiger partial charge in [0.25, 0.3) is 0 Å². The van der Waals surface area contributed by atoms with E-state index in [2.05, 4.69) is 24.1 Å². The Balaban J connectivity index is 0.00000220. The van der Waals surface area contributed by atoms with Gasteiger partial charge in [0.15, 0.2) is 0 Å². The van der Waals surface area contributed by atoms with E-state index in [4.69, 9.17) is 5.73 Å². The summed E-state index contributed by atoms with van der Waals surface area (Å²) >= 11 is 1.62. The monoisotopic (exact) mass is 367 g/mol. The molecule has 0 radical (unpaired) electrons. The van der Waals surface area contributed by atoms with E-state index in [1.165, 1.54) is 0 Å². The molecule has 0 spiro atoms. The Kier molecular flexibility index (Phi) is 8.91. The van der Waals surface area contributed by atoms with Crippen LogP contribution < -0.4 is 11.1 Å². The van der Waals surface area contributed by atoms with Crippen LogP contribution in [-0.2, 0) is 10.3 Å². The Bertz CT molecular complexity index is 483. The molecule has 1 aliphatic rings. The zero-order chi connectivity index (χ0) is 14.8. The number of halogens is 2. The summed E-state index contributed by atoms with van der Waals surface area (Å²) in [7, 11) is 0. The SMILES string of the molecule is CCC(C)(NC(=O)[C@@H]1CCC[C@@H]1CN)c1nc(C)cs1.Cl.Cl. The van der Waals surface area contributed by atoms with Crippen LogP contribution in [0.2, 0.25) is 0 Å². The zero-order valence-corrected chi connectivity index (χ0v) is 15.9. The van der Waals surface area contributed by atoms with Gasteiger partial charge in [0.2, 0.25) is 5.91 Å². The molecule has 128 valence electrons. The van der Waals surface area contributed by atoms with Crippen molar-refractivity contribution in [2.24, 2.45) is 17.6 Å². The molecule has 1 aliphatic carbocycles. The number of carbonyl (C=O) groups excluding carboxylic acids is 1. The molecule has 4 nitrogen and oxygen atoms in total. The summed E-state index contributed by atoms with van der Waals surface area (Å²) in [6, 6.07) is 0. The van der Waals surface area contributed by atoms with Crippen LogP contribution in [0.15, 0.2) is 5.38 Å². The predicted octanol–water partition coefficient (Wildman–Crippen LogP) is 3.41. The molecule has 1 fully saturated rings. The smallest absolute Gasteiger partial charge is 0.224 e. The fraction of sp³-hybridized carbons (Fsp3) is 0.733. The van der Waals surface area contributed by atoms with Crippen LogP contribution >= 0.6 is 36.2 Å². The highest BCUT2D eigenvalue weighted by molar-refractivity contribution is 7.09. The van der Waals surface area contributed by atoms with E-state index in [0.717, 1.165) is 36.4 Å².